The molecule has 0 atom stereocenters. The molecular weight excluding hydrogens is 226 g/mol. The summed E-state index contributed by atoms with van der Waals surface area (Å²) in [6, 6.07) is 0. The van der Waals surface area contributed by atoms with Crippen LogP contribution in [0.5, 0.6) is 0 Å². The average Bonchev–Trinajstić information content (AvgIpc) is 2.46. The first-order chi connectivity index (χ1) is 8.79. The quantitative estimate of drug-likeness (QED) is 0.809. The monoisotopic (exact) mass is 253 g/mol. The highest BCUT2D eigenvalue weighted by Gasteiger charge is 2.22. The van der Waals surface area contributed by atoms with Crippen molar-refractivity contribution in [1.29, 1.82) is 0 Å². The zero-order chi connectivity index (χ0) is 12.8. The molecular formula is C14H27N3O. The lowest BCUT2D eigenvalue weighted by Crippen LogP contribution is -2.45. The van der Waals surface area contributed by atoms with Gasteiger partial charge in [-0.1, -0.05) is 13.3 Å². The standard InChI is InChI=1S/C14H27N3O/c1-2-13-3-9-17(10-4-13)14(18)5-8-16-11-6-15-7-12-16/h13,15H,2-12H2,1H3. The van der Waals surface area contributed by atoms with E-state index in [0.29, 0.717) is 12.3 Å². The Labute approximate surface area is 111 Å². The van der Waals surface area contributed by atoms with E-state index >= 15 is 0 Å². The summed E-state index contributed by atoms with van der Waals surface area (Å²) >= 11 is 0. The van der Waals surface area contributed by atoms with Gasteiger partial charge in [-0.25, -0.2) is 0 Å². The molecule has 0 radical (unpaired) electrons. The van der Waals surface area contributed by atoms with Gasteiger partial charge in [-0.05, 0) is 18.8 Å². The van der Waals surface area contributed by atoms with Crippen molar-refractivity contribution in [2.75, 3.05) is 45.8 Å². The minimum atomic E-state index is 0.364. The van der Waals surface area contributed by atoms with Crippen LogP contribution < -0.4 is 5.32 Å². The van der Waals surface area contributed by atoms with E-state index in [1.165, 1.54) is 19.3 Å². The van der Waals surface area contributed by atoms with Gasteiger partial charge in [0.1, 0.15) is 0 Å². The molecule has 0 aromatic rings. The molecule has 2 heterocycles. The van der Waals surface area contributed by atoms with Crippen LogP contribution in [-0.2, 0) is 4.79 Å². The van der Waals surface area contributed by atoms with Crippen molar-refractivity contribution in [3.63, 3.8) is 0 Å². The highest BCUT2D eigenvalue weighted by atomic mass is 16.2. The Morgan fingerprint density at radius 2 is 1.83 bits per heavy atom. The Hall–Kier alpha value is -0.610. The number of rotatable bonds is 4. The highest BCUT2D eigenvalue weighted by molar-refractivity contribution is 5.76. The number of carbonyl (C=O) groups is 1. The molecule has 0 aromatic carbocycles. The van der Waals surface area contributed by atoms with Crippen molar-refractivity contribution in [3.05, 3.63) is 0 Å². The second-order valence-corrected chi connectivity index (χ2v) is 5.57. The topological polar surface area (TPSA) is 35.6 Å². The van der Waals surface area contributed by atoms with Crippen LogP contribution in [-0.4, -0.2) is 61.5 Å². The van der Waals surface area contributed by atoms with E-state index in [-0.39, 0.29) is 0 Å². The first kappa shape index (κ1) is 13.8. The molecule has 0 spiro atoms. The summed E-state index contributed by atoms with van der Waals surface area (Å²) in [5.41, 5.74) is 0. The van der Waals surface area contributed by atoms with E-state index < -0.39 is 0 Å². The number of nitrogens with zero attached hydrogens (tertiary/aromatic N) is 2. The number of nitrogens with one attached hydrogen (secondary N) is 1. The summed E-state index contributed by atoms with van der Waals surface area (Å²) < 4.78 is 0. The maximum atomic E-state index is 12.1. The predicted octanol–water partition coefficient (Wildman–Crippen LogP) is 0.930. The fourth-order valence-corrected chi connectivity index (χ4v) is 2.94. The number of piperidine rings is 1. The van der Waals surface area contributed by atoms with Crippen molar-refractivity contribution in [2.45, 2.75) is 32.6 Å². The summed E-state index contributed by atoms with van der Waals surface area (Å²) in [5.74, 6) is 1.21. The zero-order valence-corrected chi connectivity index (χ0v) is 11.7. The first-order valence-electron chi connectivity index (χ1n) is 7.50. The van der Waals surface area contributed by atoms with Gasteiger partial charge in [0.05, 0.1) is 0 Å². The van der Waals surface area contributed by atoms with Gasteiger partial charge in [0, 0.05) is 52.2 Å². The van der Waals surface area contributed by atoms with Gasteiger partial charge >= 0.3 is 0 Å². The second kappa shape index (κ2) is 7.10. The number of carbonyl (C=O) groups excluding carboxylic acids is 1. The van der Waals surface area contributed by atoms with Gasteiger partial charge in [0.25, 0.3) is 0 Å². The van der Waals surface area contributed by atoms with Gasteiger partial charge in [0.15, 0.2) is 0 Å². The molecule has 0 unspecified atom stereocenters. The molecule has 2 rings (SSSR count). The Balaban J connectivity index is 1.65. The van der Waals surface area contributed by atoms with Crippen LogP contribution in [0, 0.1) is 5.92 Å². The minimum Gasteiger partial charge on any atom is -0.343 e. The van der Waals surface area contributed by atoms with Gasteiger partial charge in [-0.15, -0.1) is 0 Å². The third-order valence-electron chi connectivity index (χ3n) is 4.40. The second-order valence-electron chi connectivity index (χ2n) is 5.57. The maximum absolute atomic E-state index is 12.1. The molecule has 4 heteroatoms. The Morgan fingerprint density at radius 1 is 1.17 bits per heavy atom. The van der Waals surface area contributed by atoms with E-state index in [0.717, 1.165) is 51.7 Å². The van der Waals surface area contributed by atoms with Crippen LogP contribution in [0.15, 0.2) is 0 Å². The Morgan fingerprint density at radius 3 is 2.44 bits per heavy atom. The zero-order valence-electron chi connectivity index (χ0n) is 11.7. The summed E-state index contributed by atoms with van der Waals surface area (Å²) in [5, 5.41) is 3.34. The summed E-state index contributed by atoms with van der Waals surface area (Å²) in [6.07, 6.45) is 4.38. The molecule has 2 aliphatic rings. The Bertz CT molecular complexity index is 256. The molecule has 0 saturated carbocycles. The van der Waals surface area contributed by atoms with Gasteiger partial charge in [-0.2, -0.15) is 0 Å². The molecule has 2 aliphatic heterocycles. The average molecular weight is 253 g/mol. The van der Waals surface area contributed by atoms with E-state index in [1.807, 2.05) is 0 Å². The fraction of sp³-hybridized carbons (Fsp3) is 0.929. The van der Waals surface area contributed by atoms with Crippen molar-refractivity contribution >= 4 is 5.91 Å². The largest absolute Gasteiger partial charge is 0.343 e. The van der Waals surface area contributed by atoms with Gasteiger partial charge in [0.2, 0.25) is 5.91 Å². The first-order valence-corrected chi connectivity index (χ1v) is 7.50. The molecule has 18 heavy (non-hydrogen) atoms. The molecule has 1 N–H and O–H groups in total. The maximum Gasteiger partial charge on any atom is 0.223 e. The smallest absolute Gasteiger partial charge is 0.223 e. The third kappa shape index (κ3) is 3.95. The van der Waals surface area contributed by atoms with Crippen LogP contribution in [0.4, 0.5) is 0 Å². The number of hydrogen-bond donors (Lipinski definition) is 1. The van der Waals surface area contributed by atoms with E-state index in [4.69, 9.17) is 0 Å². The van der Waals surface area contributed by atoms with E-state index in [2.05, 4.69) is 22.0 Å². The molecule has 1 amide bonds. The molecule has 2 saturated heterocycles. The van der Waals surface area contributed by atoms with Crippen LogP contribution in [0.1, 0.15) is 32.6 Å². The lowest BCUT2D eigenvalue weighted by molar-refractivity contribution is -0.133. The lowest BCUT2D eigenvalue weighted by Gasteiger charge is -2.33. The van der Waals surface area contributed by atoms with Crippen LogP contribution in [0.3, 0.4) is 0 Å². The van der Waals surface area contributed by atoms with Crippen LogP contribution >= 0.6 is 0 Å². The minimum absolute atomic E-state index is 0.364. The van der Waals surface area contributed by atoms with Crippen molar-refractivity contribution in [3.8, 4) is 0 Å². The van der Waals surface area contributed by atoms with Crippen molar-refractivity contribution in [2.24, 2.45) is 5.92 Å². The number of amides is 1. The fourth-order valence-electron chi connectivity index (χ4n) is 2.94. The van der Waals surface area contributed by atoms with Crippen molar-refractivity contribution in [1.82, 2.24) is 15.1 Å². The molecule has 0 bridgehead atoms. The van der Waals surface area contributed by atoms with E-state index in [9.17, 15) is 4.79 Å². The summed E-state index contributed by atoms with van der Waals surface area (Å²) in [4.78, 5) is 16.6. The molecule has 0 aliphatic carbocycles. The van der Waals surface area contributed by atoms with Gasteiger partial charge < -0.3 is 15.1 Å². The van der Waals surface area contributed by atoms with Crippen LogP contribution in [0.2, 0.25) is 0 Å². The van der Waals surface area contributed by atoms with Crippen LogP contribution in [0.25, 0.3) is 0 Å². The predicted molar refractivity (Wildman–Crippen MR) is 73.5 cm³/mol. The van der Waals surface area contributed by atoms with E-state index in [1.54, 1.807) is 0 Å². The molecule has 0 aromatic heterocycles. The molecule has 104 valence electrons. The highest BCUT2D eigenvalue weighted by Crippen LogP contribution is 2.20. The Kier molecular flexibility index (Phi) is 5.45. The number of likely N-dealkylation sites (tertiary alicyclic amines) is 1. The third-order valence-corrected chi connectivity index (χ3v) is 4.40. The number of hydrogen-bond acceptors (Lipinski definition) is 3. The SMILES string of the molecule is CCC1CCN(C(=O)CCN2CCNCC2)CC1. The summed E-state index contributed by atoms with van der Waals surface area (Å²) in [6.45, 7) is 9.47. The lowest BCUT2D eigenvalue weighted by atomic mass is 9.94. The number of piperazine rings is 1. The molecule has 4 nitrogen and oxygen atoms in total. The van der Waals surface area contributed by atoms with Gasteiger partial charge in [-0.3, -0.25) is 4.79 Å². The normalized spacial score (nSPS) is 23.3. The van der Waals surface area contributed by atoms with Crippen molar-refractivity contribution < 1.29 is 4.79 Å². The molecule has 2 fully saturated rings. The summed E-state index contributed by atoms with van der Waals surface area (Å²) in [7, 11) is 0.